The van der Waals surface area contributed by atoms with E-state index in [0.717, 1.165) is 0 Å². The Balaban J connectivity index is 2.18. The van der Waals surface area contributed by atoms with E-state index in [1.807, 2.05) is 0 Å². The van der Waals surface area contributed by atoms with Crippen molar-refractivity contribution in [1.82, 2.24) is 0 Å². The second-order valence-electron chi connectivity index (χ2n) is 3.71. The first kappa shape index (κ1) is 10.6. The molecule has 0 heterocycles. The molecule has 1 radical (unpaired) electrons. The van der Waals surface area contributed by atoms with E-state index in [1.165, 1.54) is 51.4 Å². The SMILES string of the molecule is [CH]1CCC=CC=CCCCCCC1. The van der Waals surface area contributed by atoms with E-state index in [0.29, 0.717) is 0 Å². The highest BCUT2D eigenvalue weighted by atomic mass is 14.0. The predicted molar refractivity (Wildman–Crippen MR) is 59.5 cm³/mol. The molecule has 1 aliphatic carbocycles. The summed E-state index contributed by atoms with van der Waals surface area (Å²) in [6.07, 6.45) is 22.0. The van der Waals surface area contributed by atoms with Crippen LogP contribution in [0.15, 0.2) is 24.3 Å². The van der Waals surface area contributed by atoms with E-state index in [-0.39, 0.29) is 0 Å². The third kappa shape index (κ3) is 6.62. The topological polar surface area (TPSA) is 0 Å². The van der Waals surface area contributed by atoms with Crippen LogP contribution in [0, 0.1) is 6.42 Å². The molecule has 1 aliphatic rings. The van der Waals surface area contributed by atoms with Gasteiger partial charge in [-0.05, 0) is 32.1 Å². The summed E-state index contributed by atoms with van der Waals surface area (Å²) in [7, 11) is 0. The van der Waals surface area contributed by atoms with Crippen LogP contribution in [-0.2, 0) is 0 Å². The van der Waals surface area contributed by atoms with Gasteiger partial charge in [0.25, 0.3) is 0 Å². The smallest absolute Gasteiger partial charge is 0.0345 e. The molecule has 0 amide bonds. The lowest BCUT2D eigenvalue weighted by Crippen LogP contribution is -1.80. The lowest BCUT2D eigenvalue weighted by Gasteiger charge is -1.98. The summed E-state index contributed by atoms with van der Waals surface area (Å²) >= 11 is 0. The second-order valence-corrected chi connectivity index (χ2v) is 3.71. The lowest BCUT2D eigenvalue weighted by atomic mass is 10.1. The van der Waals surface area contributed by atoms with Crippen LogP contribution in [-0.4, -0.2) is 0 Å². The Morgan fingerprint density at radius 3 is 2.08 bits per heavy atom. The molecule has 0 aromatic rings. The Bertz CT molecular complexity index is 135. The number of rotatable bonds is 0. The minimum atomic E-state index is 1.21. The standard InChI is InChI=1S/C13H21/c1-2-4-6-8-10-12-13-11-9-7-5-3-1/h1-4,9H,5-8,10-13H2. The average Bonchev–Trinajstić information content (AvgIpc) is 2.18. The van der Waals surface area contributed by atoms with E-state index in [4.69, 9.17) is 0 Å². The maximum Gasteiger partial charge on any atom is -0.0345 e. The van der Waals surface area contributed by atoms with Gasteiger partial charge in [-0.3, -0.25) is 0 Å². The van der Waals surface area contributed by atoms with Crippen LogP contribution < -0.4 is 0 Å². The van der Waals surface area contributed by atoms with Crippen LogP contribution in [0.5, 0.6) is 0 Å². The fourth-order valence-corrected chi connectivity index (χ4v) is 1.61. The fourth-order valence-electron chi connectivity index (χ4n) is 1.61. The largest absolute Gasteiger partial charge is 0.0845 e. The maximum atomic E-state index is 2.44. The quantitative estimate of drug-likeness (QED) is 0.513. The zero-order valence-electron chi connectivity index (χ0n) is 8.54. The first-order valence-corrected chi connectivity index (χ1v) is 5.63. The van der Waals surface area contributed by atoms with Gasteiger partial charge in [-0.1, -0.05) is 50.0 Å². The van der Waals surface area contributed by atoms with Gasteiger partial charge in [0.15, 0.2) is 0 Å². The fraction of sp³-hybridized carbons (Fsp3) is 0.615. The molecule has 0 heteroatoms. The highest BCUT2D eigenvalue weighted by Gasteiger charge is 1.91. The Morgan fingerprint density at radius 2 is 1.23 bits per heavy atom. The van der Waals surface area contributed by atoms with E-state index >= 15 is 0 Å². The van der Waals surface area contributed by atoms with Gasteiger partial charge >= 0.3 is 0 Å². The molecule has 0 aliphatic heterocycles. The molecule has 0 spiro atoms. The van der Waals surface area contributed by atoms with Crippen LogP contribution in [0.1, 0.15) is 51.4 Å². The molecule has 0 unspecified atom stereocenters. The molecule has 73 valence electrons. The normalized spacial score (nSPS) is 21.5. The van der Waals surface area contributed by atoms with Crippen LogP contribution in [0.3, 0.4) is 0 Å². The summed E-state index contributed by atoms with van der Waals surface area (Å²) in [4.78, 5) is 0. The van der Waals surface area contributed by atoms with Crippen molar-refractivity contribution in [1.29, 1.82) is 0 Å². The van der Waals surface area contributed by atoms with Crippen molar-refractivity contribution in [2.24, 2.45) is 0 Å². The van der Waals surface area contributed by atoms with Gasteiger partial charge in [-0.25, -0.2) is 0 Å². The van der Waals surface area contributed by atoms with Crippen molar-refractivity contribution in [3.05, 3.63) is 30.7 Å². The molecule has 0 atom stereocenters. The van der Waals surface area contributed by atoms with Gasteiger partial charge < -0.3 is 0 Å². The highest BCUT2D eigenvalue weighted by Crippen LogP contribution is 2.10. The molecule has 0 N–H and O–H groups in total. The lowest BCUT2D eigenvalue weighted by molar-refractivity contribution is 0.635. The zero-order chi connectivity index (χ0) is 9.19. The minimum absolute atomic E-state index is 1.21. The van der Waals surface area contributed by atoms with Gasteiger partial charge in [0.05, 0.1) is 0 Å². The van der Waals surface area contributed by atoms with Crippen molar-refractivity contribution in [3.63, 3.8) is 0 Å². The average molecular weight is 177 g/mol. The second kappa shape index (κ2) is 8.10. The molecular weight excluding hydrogens is 156 g/mol. The number of hydrogen-bond donors (Lipinski definition) is 0. The Morgan fingerprint density at radius 1 is 0.538 bits per heavy atom. The number of hydrogen-bond acceptors (Lipinski definition) is 0. The Hall–Kier alpha value is -0.520. The third-order valence-electron chi connectivity index (χ3n) is 2.45. The van der Waals surface area contributed by atoms with Crippen LogP contribution in [0.25, 0.3) is 0 Å². The molecule has 0 bridgehead atoms. The van der Waals surface area contributed by atoms with E-state index in [2.05, 4.69) is 30.7 Å². The number of allylic oxidation sites excluding steroid dienone is 4. The highest BCUT2D eigenvalue weighted by molar-refractivity contribution is 5.02. The van der Waals surface area contributed by atoms with Crippen molar-refractivity contribution >= 4 is 0 Å². The maximum absolute atomic E-state index is 2.44. The van der Waals surface area contributed by atoms with Gasteiger partial charge in [0.1, 0.15) is 0 Å². The van der Waals surface area contributed by atoms with Gasteiger partial charge in [0.2, 0.25) is 0 Å². The summed E-state index contributed by atoms with van der Waals surface area (Å²) in [5.74, 6) is 0. The molecule has 0 aromatic heterocycles. The van der Waals surface area contributed by atoms with Crippen LogP contribution >= 0.6 is 0 Å². The van der Waals surface area contributed by atoms with Crippen molar-refractivity contribution in [3.8, 4) is 0 Å². The summed E-state index contributed by atoms with van der Waals surface area (Å²) in [5.41, 5.74) is 0. The summed E-state index contributed by atoms with van der Waals surface area (Å²) in [5, 5.41) is 0. The Kier molecular flexibility index (Phi) is 6.58. The van der Waals surface area contributed by atoms with E-state index in [9.17, 15) is 0 Å². The predicted octanol–water partition coefficient (Wildman–Crippen LogP) is 4.44. The molecule has 13 heavy (non-hydrogen) atoms. The molecule has 0 fully saturated rings. The monoisotopic (exact) mass is 177 g/mol. The Labute approximate surface area is 82.7 Å². The van der Waals surface area contributed by atoms with Crippen molar-refractivity contribution in [2.75, 3.05) is 0 Å². The zero-order valence-corrected chi connectivity index (χ0v) is 8.54. The molecule has 0 saturated heterocycles. The van der Waals surface area contributed by atoms with Crippen LogP contribution in [0.4, 0.5) is 0 Å². The minimum Gasteiger partial charge on any atom is -0.0845 e. The van der Waals surface area contributed by atoms with Crippen molar-refractivity contribution in [2.45, 2.75) is 51.4 Å². The molecule has 1 rings (SSSR count). The summed E-state index contributed by atoms with van der Waals surface area (Å²) in [6, 6.07) is 0. The van der Waals surface area contributed by atoms with E-state index in [1.54, 1.807) is 0 Å². The van der Waals surface area contributed by atoms with Gasteiger partial charge in [-0.15, -0.1) is 0 Å². The molecule has 0 saturated carbocycles. The van der Waals surface area contributed by atoms with Crippen LogP contribution in [0.2, 0.25) is 0 Å². The molecule has 0 aromatic carbocycles. The van der Waals surface area contributed by atoms with Gasteiger partial charge in [-0.2, -0.15) is 0 Å². The summed E-state index contributed by atoms with van der Waals surface area (Å²) < 4.78 is 0. The first-order chi connectivity index (χ1) is 6.50. The summed E-state index contributed by atoms with van der Waals surface area (Å²) in [6.45, 7) is 0. The molecule has 0 nitrogen and oxygen atoms in total. The third-order valence-corrected chi connectivity index (χ3v) is 2.45. The first-order valence-electron chi connectivity index (χ1n) is 5.63. The van der Waals surface area contributed by atoms with E-state index < -0.39 is 0 Å². The molecular formula is C13H21. The van der Waals surface area contributed by atoms with Crippen molar-refractivity contribution < 1.29 is 0 Å². The van der Waals surface area contributed by atoms with Gasteiger partial charge in [0, 0.05) is 0 Å².